The summed E-state index contributed by atoms with van der Waals surface area (Å²) in [5.41, 5.74) is 0.803. The molecule has 0 spiro atoms. The van der Waals surface area contributed by atoms with Crippen molar-refractivity contribution in [2.75, 3.05) is 18.9 Å². The lowest BCUT2D eigenvalue weighted by atomic mass is 9.95. The second kappa shape index (κ2) is 7.85. The van der Waals surface area contributed by atoms with E-state index in [9.17, 15) is 4.79 Å². The van der Waals surface area contributed by atoms with Crippen LogP contribution in [0.4, 0.5) is 0 Å². The number of carbonyl (C=O) groups excluding carboxylic acids is 1. The van der Waals surface area contributed by atoms with Gasteiger partial charge in [-0.2, -0.15) is 11.8 Å². The van der Waals surface area contributed by atoms with Crippen molar-refractivity contribution in [3.8, 4) is 0 Å². The van der Waals surface area contributed by atoms with Crippen molar-refractivity contribution in [2.24, 2.45) is 5.92 Å². The van der Waals surface area contributed by atoms with Crippen molar-refractivity contribution >= 4 is 17.7 Å². The highest BCUT2D eigenvalue weighted by atomic mass is 32.2. The Labute approximate surface area is 131 Å². The molecule has 0 radical (unpaired) electrons. The molecular formula is C17H25NO2S. The Morgan fingerprint density at radius 3 is 2.62 bits per heavy atom. The lowest BCUT2D eigenvalue weighted by molar-refractivity contribution is -0.151. The first-order valence-electron chi connectivity index (χ1n) is 7.77. The Bertz CT molecular complexity index is 447. The zero-order valence-corrected chi connectivity index (χ0v) is 13.7. The molecule has 0 bridgehead atoms. The molecule has 1 aliphatic rings. The average molecular weight is 307 g/mol. The molecule has 1 atom stereocenters. The molecule has 1 N–H and O–H groups in total. The average Bonchev–Trinajstić information content (AvgIpc) is 3.32. The van der Waals surface area contributed by atoms with Gasteiger partial charge in [-0.25, -0.2) is 0 Å². The molecule has 1 aromatic carbocycles. The summed E-state index contributed by atoms with van der Waals surface area (Å²) < 4.78 is 5.35. The van der Waals surface area contributed by atoms with Crippen LogP contribution in [-0.4, -0.2) is 30.4 Å². The quantitative estimate of drug-likeness (QED) is 0.711. The SMILES string of the molecule is CCNC(CSCc1ccccc1)(C(=O)OCC)C1CC1. The number of rotatable bonds is 9. The topological polar surface area (TPSA) is 38.3 Å². The van der Waals surface area contributed by atoms with E-state index in [1.807, 2.05) is 24.8 Å². The van der Waals surface area contributed by atoms with E-state index in [2.05, 4.69) is 36.5 Å². The highest BCUT2D eigenvalue weighted by Crippen LogP contribution is 2.42. The van der Waals surface area contributed by atoms with Crippen LogP contribution in [0.15, 0.2) is 30.3 Å². The normalized spacial score (nSPS) is 17.2. The van der Waals surface area contributed by atoms with E-state index in [0.29, 0.717) is 12.5 Å². The summed E-state index contributed by atoms with van der Waals surface area (Å²) in [6, 6.07) is 10.4. The lowest BCUT2D eigenvalue weighted by Crippen LogP contribution is -2.57. The standard InChI is InChI=1S/C17H25NO2S/c1-3-18-17(15-10-11-15,16(19)20-4-2)13-21-12-14-8-6-5-7-9-14/h5-9,15,18H,3-4,10-13H2,1-2H3. The molecule has 0 aliphatic heterocycles. The van der Waals surface area contributed by atoms with Crippen molar-refractivity contribution in [3.63, 3.8) is 0 Å². The van der Waals surface area contributed by atoms with Gasteiger partial charge in [0.1, 0.15) is 5.54 Å². The van der Waals surface area contributed by atoms with Crippen LogP contribution in [0.1, 0.15) is 32.3 Å². The van der Waals surface area contributed by atoms with Gasteiger partial charge in [0.15, 0.2) is 0 Å². The monoisotopic (exact) mass is 307 g/mol. The maximum atomic E-state index is 12.5. The lowest BCUT2D eigenvalue weighted by Gasteiger charge is -2.32. The summed E-state index contributed by atoms with van der Waals surface area (Å²) in [6.45, 7) is 5.17. The fourth-order valence-electron chi connectivity index (χ4n) is 2.67. The van der Waals surface area contributed by atoms with Crippen molar-refractivity contribution in [3.05, 3.63) is 35.9 Å². The van der Waals surface area contributed by atoms with Gasteiger partial charge >= 0.3 is 5.97 Å². The molecule has 1 unspecified atom stereocenters. The summed E-state index contributed by atoms with van der Waals surface area (Å²) >= 11 is 1.81. The first-order valence-corrected chi connectivity index (χ1v) is 8.92. The number of benzene rings is 1. The molecule has 1 fully saturated rings. The van der Waals surface area contributed by atoms with E-state index in [1.165, 1.54) is 5.56 Å². The predicted molar refractivity (Wildman–Crippen MR) is 88.4 cm³/mol. The number of likely N-dealkylation sites (N-methyl/N-ethyl adjacent to an activating group) is 1. The van der Waals surface area contributed by atoms with E-state index in [-0.39, 0.29) is 5.97 Å². The third kappa shape index (κ3) is 4.24. The molecule has 116 valence electrons. The van der Waals surface area contributed by atoms with Gasteiger partial charge in [-0.05, 0) is 37.8 Å². The number of ether oxygens (including phenoxy) is 1. The number of nitrogens with one attached hydrogen (secondary N) is 1. The third-order valence-corrected chi connectivity index (χ3v) is 5.04. The fraction of sp³-hybridized carbons (Fsp3) is 0.588. The molecule has 0 heterocycles. The maximum absolute atomic E-state index is 12.5. The van der Waals surface area contributed by atoms with Gasteiger partial charge in [-0.1, -0.05) is 37.3 Å². The van der Waals surface area contributed by atoms with Crippen molar-refractivity contribution in [1.82, 2.24) is 5.32 Å². The second-order valence-corrected chi connectivity index (χ2v) is 6.46. The Hall–Kier alpha value is -1.00. The number of thioether (sulfide) groups is 1. The van der Waals surface area contributed by atoms with Crippen LogP contribution >= 0.6 is 11.8 Å². The molecule has 21 heavy (non-hydrogen) atoms. The first kappa shape index (κ1) is 16.4. The van der Waals surface area contributed by atoms with Crippen LogP contribution in [0.5, 0.6) is 0 Å². The van der Waals surface area contributed by atoms with Gasteiger partial charge in [0.25, 0.3) is 0 Å². The molecule has 1 saturated carbocycles. The molecule has 3 nitrogen and oxygen atoms in total. The van der Waals surface area contributed by atoms with Crippen LogP contribution in [0.25, 0.3) is 0 Å². The molecule has 2 rings (SSSR count). The Kier molecular flexibility index (Phi) is 6.12. The largest absolute Gasteiger partial charge is 0.465 e. The van der Waals surface area contributed by atoms with Crippen LogP contribution in [0, 0.1) is 5.92 Å². The van der Waals surface area contributed by atoms with Gasteiger partial charge in [0.2, 0.25) is 0 Å². The predicted octanol–water partition coefficient (Wildman–Crippen LogP) is 3.24. The molecule has 0 amide bonds. The summed E-state index contributed by atoms with van der Waals surface area (Å²) in [6.07, 6.45) is 2.25. The minimum absolute atomic E-state index is 0.0742. The van der Waals surface area contributed by atoms with Gasteiger partial charge in [-0.15, -0.1) is 0 Å². The van der Waals surface area contributed by atoms with Gasteiger partial charge in [0.05, 0.1) is 6.61 Å². The van der Waals surface area contributed by atoms with Crippen LogP contribution in [0.2, 0.25) is 0 Å². The molecule has 0 saturated heterocycles. The van der Waals surface area contributed by atoms with Crippen molar-refractivity contribution in [1.29, 1.82) is 0 Å². The number of carbonyl (C=O) groups is 1. The Morgan fingerprint density at radius 1 is 1.33 bits per heavy atom. The molecule has 1 aromatic rings. The van der Waals surface area contributed by atoms with Crippen molar-refractivity contribution < 1.29 is 9.53 Å². The van der Waals surface area contributed by atoms with Crippen LogP contribution in [-0.2, 0) is 15.3 Å². The highest BCUT2D eigenvalue weighted by Gasteiger charge is 2.51. The second-order valence-electron chi connectivity index (χ2n) is 5.47. The number of hydrogen-bond donors (Lipinski definition) is 1. The van der Waals surface area contributed by atoms with E-state index >= 15 is 0 Å². The highest BCUT2D eigenvalue weighted by molar-refractivity contribution is 7.98. The zero-order chi connectivity index (χ0) is 15.1. The maximum Gasteiger partial charge on any atom is 0.327 e. The smallest absolute Gasteiger partial charge is 0.327 e. The summed E-state index contributed by atoms with van der Waals surface area (Å²) in [5.74, 6) is 2.06. The zero-order valence-electron chi connectivity index (χ0n) is 12.9. The molecule has 1 aliphatic carbocycles. The Morgan fingerprint density at radius 2 is 2.05 bits per heavy atom. The van der Waals surface area contributed by atoms with Crippen molar-refractivity contribution in [2.45, 2.75) is 38.0 Å². The minimum atomic E-state index is -0.496. The number of esters is 1. The van der Waals surface area contributed by atoms with E-state index in [4.69, 9.17) is 4.74 Å². The summed E-state index contributed by atoms with van der Waals surface area (Å²) in [4.78, 5) is 12.5. The van der Waals surface area contributed by atoms with Gasteiger partial charge in [0, 0.05) is 11.5 Å². The van der Waals surface area contributed by atoms with E-state index in [1.54, 1.807) is 0 Å². The summed E-state index contributed by atoms with van der Waals surface area (Å²) in [5, 5.41) is 3.43. The van der Waals surface area contributed by atoms with E-state index in [0.717, 1.165) is 30.9 Å². The Balaban J connectivity index is 1.99. The first-order chi connectivity index (χ1) is 10.2. The van der Waals surface area contributed by atoms with Gasteiger partial charge < -0.3 is 10.1 Å². The van der Waals surface area contributed by atoms with E-state index < -0.39 is 5.54 Å². The summed E-state index contributed by atoms with van der Waals surface area (Å²) in [7, 11) is 0. The van der Waals surface area contributed by atoms with Gasteiger partial charge in [-0.3, -0.25) is 4.79 Å². The third-order valence-electron chi connectivity index (χ3n) is 3.85. The molecular weight excluding hydrogens is 282 g/mol. The van der Waals surface area contributed by atoms with Crippen LogP contribution < -0.4 is 5.32 Å². The number of hydrogen-bond acceptors (Lipinski definition) is 4. The molecule has 4 heteroatoms. The fourth-order valence-corrected chi connectivity index (χ4v) is 3.97. The molecule has 0 aromatic heterocycles. The van der Waals surface area contributed by atoms with Crippen LogP contribution in [0.3, 0.4) is 0 Å². The minimum Gasteiger partial charge on any atom is -0.465 e.